The number of rotatable bonds is 1. The molecular weight excluding hydrogens is 211 g/mol. The van der Waals surface area contributed by atoms with Crippen molar-refractivity contribution in [1.29, 1.82) is 0 Å². The van der Waals surface area contributed by atoms with E-state index in [1.807, 2.05) is 31.2 Å². The van der Waals surface area contributed by atoms with Crippen LogP contribution in [0.5, 0.6) is 0 Å². The SMILES string of the molecule is C#Cc1cc(F)cc(-c2ccc(C)c(C)c2)c1. The Morgan fingerprint density at radius 2 is 1.71 bits per heavy atom. The van der Waals surface area contributed by atoms with Crippen molar-refractivity contribution in [3.63, 3.8) is 0 Å². The van der Waals surface area contributed by atoms with Gasteiger partial charge in [-0.15, -0.1) is 6.42 Å². The van der Waals surface area contributed by atoms with Gasteiger partial charge in [-0.2, -0.15) is 0 Å². The Morgan fingerprint density at radius 3 is 2.35 bits per heavy atom. The number of aryl methyl sites for hydroxylation is 2. The topological polar surface area (TPSA) is 0 Å². The van der Waals surface area contributed by atoms with E-state index in [4.69, 9.17) is 6.42 Å². The minimum atomic E-state index is -0.298. The number of benzene rings is 2. The van der Waals surface area contributed by atoms with Crippen LogP contribution < -0.4 is 0 Å². The molecule has 0 aliphatic carbocycles. The Bertz CT molecular complexity index is 603. The summed E-state index contributed by atoms with van der Waals surface area (Å²) in [5.41, 5.74) is 4.79. The van der Waals surface area contributed by atoms with E-state index < -0.39 is 0 Å². The summed E-state index contributed by atoms with van der Waals surface area (Å²) in [7, 11) is 0. The lowest BCUT2D eigenvalue weighted by atomic mass is 9.99. The zero-order chi connectivity index (χ0) is 12.4. The van der Waals surface area contributed by atoms with E-state index in [9.17, 15) is 4.39 Å². The number of halogens is 1. The second-order valence-corrected chi connectivity index (χ2v) is 4.17. The zero-order valence-corrected chi connectivity index (χ0v) is 9.92. The maximum absolute atomic E-state index is 13.4. The van der Waals surface area contributed by atoms with Gasteiger partial charge in [0.05, 0.1) is 0 Å². The summed E-state index contributed by atoms with van der Waals surface area (Å²) in [5, 5.41) is 0. The summed E-state index contributed by atoms with van der Waals surface area (Å²) in [6, 6.07) is 10.8. The largest absolute Gasteiger partial charge is 0.207 e. The molecule has 0 heterocycles. The average molecular weight is 224 g/mol. The molecular formula is C16H13F. The maximum Gasteiger partial charge on any atom is 0.125 e. The van der Waals surface area contributed by atoms with Crippen molar-refractivity contribution >= 4 is 0 Å². The molecule has 2 aromatic rings. The standard InChI is InChI=1S/C16H13F/c1-4-13-8-15(10-16(17)9-13)14-6-5-11(2)12(3)7-14/h1,5-10H,2-3H3. The molecule has 0 nitrogen and oxygen atoms in total. The first kappa shape index (κ1) is 11.4. The van der Waals surface area contributed by atoms with Crippen LogP contribution in [0, 0.1) is 32.0 Å². The van der Waals surface area contributed by atoms with Gasteiger partial charge in [-0.3, -0.25) is 0 Å². The first-order chi connectivity index (χ1) is 8.10. The zero-order valence-electron chi connectivity index (χ0n) is 9.92. The van der Waals surface area contributed by atoms with Crippen molar-refractivity contribution in [1.82, 2.24) is 0 Å². The summed E-state index contributed by atoms with van der Waals surface area (Å²) in [6.45, 7) is 4.10. The molecule has 0 aromatic heterocycles. The number of hydrogen-bond donors (Lipinski definition) is 0. The predicted molar refractivity (Wildman–Crippen MR) is 69.2 cm³/mol. The van der Waals surface area contributed by atoms with Crippen LogP contribution in [0.25, 0.3) is 11.1 Å². The van der Waals surface area contributed by atoms with Crippen LogP contribution in [-0.2, 0) is 0 Å². The van der Waals surface area contributed by atoms with E-state index in [1.165, 1.54) is 23.3 Å². The minimum absolute atomic E-state index is 0.298. The lowest BCUT2D eigenvalue weighted by molar-refractivity contribution is 0.628. The molecule has 0 amide bonds. The van der Waals surface area contributed by atoms with E-state index in [-0.39, 0.29) is 5.82 Å². The first-order valence-electron chi connectivity index (χ1n) is 5.45. The quantitative estimate of drug-likeness (QED) is 0.640. The van der Waals surface area contributed by atoms with Crippen LogP contribution in [0.1, 0.15) is 16.7 Å². The van der Waals surface area contributed by atoms with Gasteiger partial charge in [0.15, 0.2) is 0 Å². The molecule has 0 atom stereocenters. The monoisotopic (exact) mass is 224 g/mol. The average Bonchev–Trinajstić information content (AvgIpc) is 2.32. The summed E-state index contributed by atoms with van der Waals surface area (Å²) < 4.78 is 13.4. The third-order valence-electron chi connectivity index (χ3n) is 2.90. The van der Waals surface area contributed by atoms with Gasteiger partial charge in [0, 0.05) is 5.56 Å². The van der Waals surface area contributed by atoms with Crippen molar-refractivity contribution < 1.29 is 4.39 Å². The Morgan fingerprint density at radius 1 is 0.941 bits per heavy atom. The van der Waals surface area contributed by atoms with Crippen LogP contribution in [0.2, 0.25) is 0 Å². The van der Waals surface area contributed by atoms with E-state index >= 15 is 0 Å². The normalized spacial score (nSPS) is 10.0. The van der Waals surface area contributed by atoms with Crippen molar-refractivity contribution in [3.8, 4) is 23.5 Å². The smallest absolute Gasteiger partial charge is 0.125 e. The molecule has 2 aromatic carbocycles. The summed E-state index contributed by atoms with van der Waals surface area (Å²) >= 11 is 0. The van der Waals surface area contributed by atoms with Crippen LogP contribution in [-0.4, -0.2) is 0 Å². The molecule has 17 heavy (non-hydrogen) atoms. The van der Waals surface area contributed by atoms with Gasteiger partial charge in [-0.1, -0.05) is 24.1 Å². The Kier molecular flexibility index (Phi) is 2.97. The van der Waals surface area contributed by atoms with Crippen LogP contribution in [0.15, 0.2) is 36.4 Å². The molecule has 84 valence electrons. The number of hydrogen-bond acceptors (Lipinski definition) is 0. The van der Waals surface area contributed by atoms with Crippen molar-refractivity contribution in [3.05, 3.63) is 58.9 Å². The molecule has 0 spiro atoms. The second kappa shape index (κ2) is 4.43. The molecule has 0 aliphatic heterocycles. The van der Waals surface area contributed by atoms with E-state index in [1.54, 1.807) is 0 Å². The van der Waals surface area contributed by atoms with Gasteiger partial charge in [0.1, 0.15) is 5.82 Å². The molecule has 0 fully saturated rings. The van der Waals surface area contributed by atoms with Gasteiger partial charge in [0.25, 0.3) is 0 Å². The summed E-state index contributed by atoms with van der Waals surface area (Å²) in [4.78, 5) is 0. The molecule has 0 saturated carbocycles. The third kappa shape index (κ3) is 2.37. The molecule has 0 aliphatic rings. The van der Waals surface area contributed by atoms with Crippen LogP contribution in [0.3, 0.4) is 0 Å². The van der Waals surface area contributed by atoms with Crippen molar-refractivity contribution in [2.24, 2.45) is 0 Å². The van der Waals surface area contributed by atoms with Crippen molar-refractivity contribution in [2.75, 3.05) is 0 Å². The third-order valence-corrected chi connectivity index (χ3v) is 2.90. The molecule has 0 unspecified atom stereocenters. The number of terminal acetylenes is 1. The molecule has 0 N–H and O–H groups in total. The van der Waals surface area contributed by atoms with E-state index in [2.05, 4.69) is 12.8 Å². The first-order valence-corrected chi connectivity index (χ1v) is 5.45. The highest BCUT2D eigenvalue weighted by Crippen LogP contribution is 2.24. The Labute approximate surface area is 101 Å². The lowest BCUT2D eigenvalue weighted by Crippen LogP contribution is -1.86. The van der Waals surface area contributed by atoms with Gasteiger partial charge in [-0.05, 0) is 54.3 Å². The maximum atomic E-state index is 13.4. The lowest BCUT2D eigenvalue weighted by Gasteiger charge is -2.06. The minimum Gasteiger partial charge on any atom is -0.207 e. The van der Waals surface area contributed by atoms with Crippen molar-refractivity contribution in [2.45, 2.75) is 13.8 Å². The fourth-order valence-electron chi connectivity index (χ4n) is 1.76. The highest BCUT2D eigenvalue weighted by molar-refractivity contribution is 5.66. The fraction of sp³-hybridized carbons (Fsp3) is 0.125. The van der Waals surface area contributed by atoms with Gasteiger partial charge < -0.3 is 0 Å². The van der Waals surface area contributed by atoms with Gasteiger partial charge >= 0.3 is 0 Å². The van der Waals surface area contributed by atoms with E-state index in [0.717, 1.165) is 11.1 Å². The van der Waals surface area contributed by atoms with Crippen LogP contribution >= 0.6 is 0 Å². The van der Waals surface area contributed by atoms with Crippen LogP contribution in [0.4, 0.5) is 4.39 Å². The molecule has 2 rings (SSSR count). The molecule has 0 bridgehead atoms. The summed E-state index contributed by atoms with van der Waals surface area (Å²) in [5.74, 6) is 2.17. The second-order valence-electron chi connectivity index (χ2n) is 4.17. The predicted octanol–water partition coefficient (Wildman–Crippen LogP) is 4.09. The Balaban J connectivity index is 2.56. The Hall–Kier alpha value is -2.07. The fourth-order valence-corrected chi connectivity index (χ4v) is 1.76. The van der Waals surface area contributed by atoms with Gasteiger partial charge in [-0.25, -0.2) is 4.39 Å². The molecule has 1 heteroatoms. The van der Waals surface area contributed by atoms with Gasteiger partial charge in [0.2, 0.25) is 0 Å². The van der Waals surface area contributed by atoms with E-state index in [0.29, 0.717) is 5.56 Å². The molecule has 0 saturated heterocycles. The highest BCUT2D eigenvalue weighted by Gasteiger charge is 2.03. The summed E-state index contributed by atoms with van der Waals surface area (Å²) in [6.07, 6.45) is 5.30. The highest BCUT2D eigenvalue weighted by atomic mass is 19.1. The molecule has 0 radical (unpaired) electrons.